The third-order valence-corrected chi connectivity index (χ3v) is 5.28. The molecule has 0 aliphatic carbocycles. The average Bonchev–Trinajstić information content (AvgIpc) is 3.33. The number of carbonyl (C=O) groups is 2. The summed E-state index contributed by atoms with van der Waals surface area (Å²) in [5.41, 5.74) is 2.86. The lowest BCUT2D eigenvalue weighted by atomic mass is 10.0. The van der Waals surface area contributed by atoms with Crippen LogP contribution in [0, 0.1) is 0 Å². The summed E-state index contributed by atoms with van der Waals surface area (Å²) in [4.78, 5) is 32.0. The van der Waals surface area contributed by atoms with Gasteiger partial charge < -0.3 is 9.47 Å². The number of hydrogen-bond donors (Lipinski definition) is 1. The van der Waals surface area contributed by atoms with E-state index in [1.54, 1.807) is 18.2 Å². The van der Waals surface area contributed by atoms with Gasteiger partial charge in [0.25, 0.3) is 11.8 Å². The molecule has 0 unspecified atom stereocenters. The molecule has 0 radical (unpaired) electrons. The Kier molecular flexibility index (Phi) is 3.43. The largest absolute Gasteiger partial charge is 0.486 e. The molecule has 2 amide bonds. The van der Waals surface area contributed by atoms with E-state index in [0.717, 1.165) is 10.5 Å². The molecule has 8 heteroatoms. The molecule has 0 saturated carbocycles. The predicted octanol–water partition coefficient (Wildman–Crippen LogP) is 3.20. The first-order chi connectivity index (χ1) is 14.7. The van der Waals surface area contributed by atoms with E-state index >= 15 is 0 Å². The number of hydrogen-bond acceptors (Lipinski definition) is 6. The Morgan fingerprint density at radius 2 is 1.73 bits per heavy atom. The van der Waals surface area contributed by atoms with Gasteiger partial charge in [0.2, 0.25) is 0 Å². The van der Waals surface area contributed by atoms with Crippen LogP contribution < -0.4 is 14.4 Å². The molecule has 2 aliphatic rings. The van der Waals surface area contributed by atoms with Gasteiger partial charge in [-0.15, -0.1) is 0 Å². The van der Waals surface area contributed by atoms with Gasteiger partial charge in [-0.1, -0.05) is 30.3 Å². The quantitative estimate of drug-likeness (QED) is 0.521. The summed E-state index contributed by atoms with van der Waals surface area (Å²) in [5, 5.41) is 7.73. The van der Waals surface area contributed by atoms with E-state index in [2.05, 4.69) is 15.2 Å². The molecule has 4 heterocycles. The molecule has 8 nitrogen and oxygen atoms in total. The summed E-state index contributed by atoms with van der Waals surface area (Å²) in [7, 11) is 0. The number of aromatic nitrogens is 3. The highest BCUT2D eigenvalue weighted by atomic mass is 16.6. The van der Waals surface area contributed by atoms with E-state index in [0.29, 0.717) is 52.7 Å². The van der Waals surface area contributed by atoms with Crippen molar-refractivity contribution in [1.29, 1.82) is 0 Å². The van der Waals surface area contributed by atoms with Crippen molar-refractivity contribution in [2.24, 2.45) is 0 Å². The van der Waals surface area contributed by atoms with Gasteiger partial charge in [0, 0.05) is 17.8 Å². The van der Waals surface area contributed by atoms with Crippen molar-refractivity contribution in [1.82, 2.24) is 15.2 Å². The van der Waals surface area contributed by atoms with Gasteiger partial charge in [-0.25, -0.2) is 9.88 Å². The number of nitrogens with one attached hydrogen (secondary N) is 1. The molecule has 1 N–H and O–H groups in total. The van der Waals surface area contributed by atoms with Crippen molar-refractivity contribution in [2.75, 3.05) is 18.1 Å². The molecule has 0 atom stereocenters. The number of ether oxygens (including phenoxy) is 2. The van der Waals surface area contributed by atoms with E-state index in [1.807, 2.05) is 30.3 Å². The number of pyridine rings is 1. The Morgan fingerprint density at radius 1 is 0.933 bits per heavy atom. The second kappa shape index (κ2) is 6.15. The zero-order valence-corrected chi connectivity index (χ0v) is 15.6. The number of imide groups is 1. The van der Waals surface area contributed by atoms with Gasteiger partial charge in [0.15, 0.2) is 17.1 Å². The van der Waals surface area contributed by atoms with Crippen molar-refractivity contribution in [3.63, 3.8) is 0 Å². The molecule has 0 saturated heterocycles. The number of aromatic amines is 1. The number of anilines is 1. The zero-order chi connectivity index (χ0) is 20.2. The molecule has 2 aliphatic heterocycles. The summed E-state index contributed by atoms with van der Waals surface area (Å²) in [5.74, 6) is 0.248. The molecule has 0 fully saturated rings. The van der Waals surface area contributed by atoms with Crippen molar-refractivity contribution < 1.29 is 19.1 Å². The van der Waals surface area contributed by atoms with Crippen LogP contribution in [-0.2, 0) is 0 Å². The summed E-state index contributed by atoms with van der Waals surface area (Å²) < 4.78 is 11.1. The normalized spacial score (nSPS) is 15.0. The Morgan fingerprint density at radius 3 is 2.57 bits per heavy atom. The lowest BCUT2D eigenvalue weighted by Gasteiger charge is -2.21. The Bertz CT molecular complexity index is 1350. The lowest BCUT2D eigenvalue weighted by molar-refractivity contribution is 0.0926. The second-order valence-electron chi connectivity index (χ2n) is 6.98. The van der Waals surface area contributed by atoms with Gasteiger partial charge in [-0.05, 0) is 12.1 Å². The van der Waals surface area contributed by atoms with Gasteiger partial charge in [-0.3, -0.25) is 14.7 Å². The fourth-order valence-electron chi connectivity index (χ4n) is 3.92. The van der Waals surface area contributed by atoms with Gasteiger partial charge >= 0.3 is 0 Å². The first-order valence-corrected chi connectivity index (χ1v) is 9.43. The maximum atomic E-state index is 13.4. The van der Waals surface area contributed by atoms with E-state index in [1.165, 1.54) is 6.20 Å². The summed E-state index contributed by atoms with van der Waals surface area (Å²) in [6.07, 6.45) is 1.41. The molecule has 30 heavy (non-hydrogen) atoms. The van der Waals surface area contributed by atoms with Crippen LogP contribution in [0.1, 0.15) is 20.7 Å². The van der Waals surface area contributed by atoms with E-state index in [-0.39, 0.29) is 5.56 Å². The van der Waals surface area contributed by atoms with Crippen molar-refractivity contribution in [3.8, 4) is 22.8 Å². The fraction of sp³-hybridized carbons (Fsp3) is 0.0909. The number of H-pyrrole nitrogens is 1. The number of benzene rings is 2. The van der Waals surface area contributed by atoms with Crippen LogP contribution in [0.15, 0.2) is 54.7 Å². The Labute approximate surface area is 170 Å². The third-order valence-electron chi connectivity index (χ3n) is 5.28. The molecule has 0 spiro atoms. The highest BCUT2D eigenvalue weighted by molar-refractivity contribution is 6.38. The molecule has 0 bridgehead atoms. The van der Waals surface area contributed by atoms with Crippen LogP contribution in [0.2, 0.25) is 0 Å². The number of amides is 2. The molecular weight excluding hydrogens is 384 g/mol. The van der Waals surface area contributed by atoms with Crippen molar-refractivity contribution in [2.45, 2.75) is 0 Å². The maximum absolute atomic E-state index is 13.4. The molecule has 4 aromatic rings. The first kappa shape index (κ1) is 16.7. The summed E-state index contributed by atoms with van der Waals surface area (Å²) in [6, 6.07) is 14.5. The molecule has 2 aromatic heterocycles. The summed E-state index contributed by atoms with van der Waals surface area (Å²) >= 11 is 0. The maximum Gasteiger partial charge on any atom is 0.267 e. The minimum atomic E-state index is -0.429. The smallest absolute Gasteiger partial charge is 0.267 e. The fourth-order valence-corrected chi connectivity index (χ4v) is 3.92. The highest BCUT2D eigenvalue weighted by Gasteiger charge is 2.40. The van der Waals surface area contributed by atoms with Crippen molar-refractivity contribution in [3.05, 3.63) is 65.9 Å². The van der Waals surface area contributed by atoms with Crippen LogP contribution in [0.5, 0.6) is 11.5 Å². The highest BCUT2D eigenvalue weighted by Crippen LogP contribution is 2.39. The number of carbonyl (C=O) groups excluding carboxylic acids is 2. The number of nitrogens with zero attached hydrogens (tertiary/aromatic N) is 3. The van der Waals surface area contributed by atoms with Gasteiger partial charge in [-0.2, -0.15) is 5.10 Å². The monoisotopic (exact) mass is 398 g/mol. The van der Waals surface area contributed by atoms with E-state index in [9.17, 15) is 9.59 Å². The van der Waals surface area contributed by atoms with Crippen LogP contribution in [0.3, 0.4) is 0 Å². The van der Waals surface area contributed by atoms with Crippen LogP contribution >= 0.6 is 0 Å². The Balaban J connectivity index is 1.52. The number of rotatable bonds is 2. The van der Waals surface area contributed by atoms with Crippen molar-refractivity contribution >= 4 is 28.5 Å². The minimum Gasteiger partial charge on any atom is -0.486 e. The molecule has 6 rings (SSSR count). The molecular formula is C22H14N4O4. The van der Waals surface area contributed by atoms with E-state index < -0.39 is 11.8 Å². The Hall–Kier alpha value is -4.20. The standard InChI is InChI=1S/C22H14N4O4/c27-21-14-11-23-20-18(19(24-25-20)12-4-2-1-3-5-12)17(14)22(28)26(21)13-6-7-15-16(10-13)30-9-8-29-15/h1-7,10-11H,8-9H2,(H,23,24,25). The average molecular weight is 398 g/mol. The van der Waals surface area contributed by atoms with Crippen LogP contribution in [0.25, 0.3) is 22.3 Å². The lowest BCUT2D eigenvalue weighted by Crippen LogP contribution is -2.29. The third kappa shape index (κ3) is 2.27. The topological polar surface area (TPSA) is 97.4 Å². The SMILES string of the molecule is O=C1c2cnc3n[nH]c(-c4ccccc4)c3c2C(=O)N1c1ccc2c(c1)OCCO2. The summed E-state index contributed by atoms with van der Waals surface area (Å²) in [6.45, 7) is 0.879. The van der Waals surface area contributed by atoms with E-state index in [4.69, 9.17) is 9.47 Å². The molecule has 146 valence electrons. The van der Waals surface area contributed by atoms with Crippen LogP contribution in [-0.4, -0.2) is 40.2 Å². The minimum absolute atomic E-state index is 0.251. The number of fused-ring (bicyclic) bond motifs is 4. The molecule has 2 aromatic carbocycles. The second-order valence-corrected chi connectivity index (χ2v) is 6.98. The zero-order valence-electron chi connectivity index (χ0n) is 15.6. The van der Waals surface area contributed by atoms with Gasteiger partial charge in [0.1, 0.15) is 13.2 Å². The predicted molar refractivity (Wildman–Crippen MR) is 108 cm³/mol. The first-order valence-electron chi connectivity index (χ1n) is 9.43. The van der Waals surface area contributed by atoms with Crippen LogP contribution in [0.4, 0.5) is 5.69 Å². The van der Waals surface area contributed by atoms with Gasteiger partial charge in [0.05, 0.1) is 27.9 Å².